The number of β-amino-alcohol motifs (C(OH)–C–C–N with tert-alkyl or cyclic N) is 1. The smallest absolute Gasteiger partial charge is 0.254 e. The average Bonchev–Trinajstić information content (AvgIpc) is 2.16. The van der Waals surface area contributed by atoms with Crippen molar-refractivity contribution in [2.24, 2.45) is 0 Å². The minimum absolute atomic E-state index is 0.0674. The molecule has 1 aliphatic heterocycles. The van der Waals surface area contributed by atoms with Crippen LogP contribution in [0.2, 0.25) is 5.02 Å². The molecular formula is C11H12ClNO2. The van der Waals surface area contributed by atoms with E-state index in [0.29, 0.717) is 23.7 Å². The highest BCUT2D eigenvalue weighted by Crippen LogP contribution is 2.19. The van der Waals surface area contributed by atoms with Gasteiger partial charge >= 0.3 is 0 Å². The van der Waals surface area contributed by atoms with Gasteiger partial charge < -0.3 is 10.0 Å². The van der Waals surface area contributed by atoms with Crippen LogP contribution in [0.4, 0.5) is 0 Å². The molecule has 1 aliphatic rings. The van der Waals surface area contributed by atoms with E-state index in [2.05, 4.69) is 0 Å². The second kappa shape index (κ2) is 3.83. The van der Waals surface area contributed by atoms with Crippen molar-refractivity contribution in [2.75, 3.05) is 13.1 Å². The molecule has 1 amide bonds. The summed E-state index contributed by atoms with van der Waals surface area (Å²) in [6.07, 6.45) is -0.366. The molecule has 0 spiro atoms. The fourth-order valence-corrected chi connectivity index (χ4v) is 1.71. The Hall–Kier alpha value is -1.06. The predicted molar refractivity (Wildman–Crippen MR) is 58.1 cm³/mol. The fraction of sp³-hybridized carbons (Fsp3) is 0.364. The van der Waals surface area contributed by atoms with Gasteiger partial charge in [-0.1, -0.05) is 17.7 Å². The van der Waals surface area contributed by atoms with Crippen molar-refractivity contribution in [1.29, 1.82) is 0 Å². The van der Waals surface area contributed by atoms with Crippen molar-refractivity contribution in [1.82, 2.24) is 4.90 Å². The largest absolute Gasteiger partial charge is 0.389 e. The van der Waals surface area contributed by atoms with E-state index in [4.69, 9.17) is 16.7 Å². The zero-order valence-corrected chi connectivity index (χ0v) is 9.16. The fourth-order valence-electron chi connectivity index (χ4n) is 1.53. The molecule has 0 radical (unpaired) electrons. The lowest BCUT2D eigenvalue weighted by Gasteiger charge is -2.35. The van der Waals surface area contributed by atoms with Gasteiger partial charge in [-0.25, -0.2) is 0 Å². The summed E-state index contributed by atoms with van der Waals surface area (Å²) in [5, 5.41) is 9.69. The van der Waals surface area contributed by atoms with E-state index in [1.807, 2.05) is 13.0 Å². The molecule has 0 aliphatic carbocycles. The second-order valence-electron chi connectivity index (χ2n) is 3.83. The topological polar surface area (TPSA) is 40.5 Å². The Kier molecular flexibility index (Phi) is 2.67. The number of carbonyl (C=O) groups excluding carboxylic acids is 1. The molecular weight excluding hydrogens is 214 g/mol. The third-order valence-corrected chi connectivity index (χ3v) is 2.98. The molecule has 0 unspecified atom stereocenters. The Morgan fingerprint density at radius 2 is 2.20 bits per heavy atom. The summed E-state index contributed by atoms with van der Waals surface area (Å²) in [5.74, 6) is -0.0674. The van der Waals surface area contributed by atoms with Gasteiger partial charge in [-0.2, -0.15) is 0 Å². The number of likely N-dealkylation sites (tertiary alicyclic amines) is 1. The van der Waals surface area contributed by atoms with E-state index in [9.17, 15) is 4.79 Å². The van der Waals surface area contributed by atoms with Gasteiger partial charge in [0.15, 0.2) is 0 Å². The number of carbonyl (C=O) groups is 1. The van der Waals surface area contributed by atoms with Crippen LogP contribution in [-0.4, -0.2) is 35.1 Å². The number of amides is 1. The number of aliphatic hydroxyl groups excluding tert-OH is 1. The molecule has 1 aromatic carbocycles. The first-order valence-electron chi connectivity index (χ1n) is 4.81. The monoisotopic (exact) mass is 225 g/mol. The normalized spacial score (nSPS) is 16.3. The first kappa shape index (κ1) is 10.5. The van der Waals surface area contributed by atoms with Gasteiger partial charge in [-0.3, -0.25) is 4.79 Å². The van der Waals surface area contributed by atoms with Crippen molar-refractivity contribution in [3.05, 3.63) is 34.3 Å². The molecule has 2 rings (SSSR count). The van der Waals surface area contributed by atoms with E-state index in [-0.39, 0.29) is 12.0 Å². The van der Waals surface area contributed by atoms with E-state index in [0.717, 1.165) is 5.56 Å². The quantitative estimate of drug-likeness (QED) is 0.786. The van der Waals surface area contributed by atoms with E-state index in [1.54, 1.807) is 17.0 Å². The molecule has 1 aromatic rings. The minimum atomic E-state index is -0.366. The van der Waals surface area contributed by atoms with Gasteiger partial charge in [0, 0.05) is 23.7 Å². The van der Waals surface area contributed by atoms with Crippen LogP contribution in [0.25, 0.3) is 0 Å². The number of rotatable bonds is 1. The Balaban J connectivity index is 2.16. The Morgan fingerprint density at radius 1 is 1.53 bits per heavy atom. The number of hydrogen-bond donors (Lipinski definition) is 1. The molecule has 4 heteroatoms. The van der Waals surface area contributed by atoms with Gasteiger partial charge in [-0.15, -0.1) is 0 Å². The van der Waals surface area contributed by atoms with Gasteiger partial charge in [0.1, 0.15) is 0 Å². The van der Waals surface area contributed by atoms with Crippen LogP contribution in [0.1, 0.15) is 15.9 Å². The number of benzene rings is 1. The Morgan fingerprint density at radius 3 is 2.73 bits per heavy atom. The highest BCUT2D eigenvalue weighted by molar-refractivity contribution is 6.31. The van der Waals surface area contributed by atoms with Crippen LogP contribution >= 0.6 is 11.6 Å². The summed E-state index contributed by atoms with van der Waals surface area (Å²) in [4.78, 5) is 13.4. The summed E-state index contributed by atoms with van der Waals surface area (Å²) in [6, 6.07) is 5.25. The molecule has 80 valence electrons. The molecule has 15 heavy (non-hydrogen) atoms. The van der Waals surface area contributed by atoms with Crippen LogP contribution in [0.5, 0.6) is 0 Å². The maximum Gasteiger partial charge on any atom is 0.254 e. The summed E-state index contributed by atoms with van der Waals surface area (Å²) in [7, 11) is 0. The molecule has 0 aromatic heterocycles. The van der Waals surface area contributed by atoms with Crippen molar-refractivity contribution < 1.29 is 9.90 Å². The van der Waals surface area contributed by atoms with Crippen LogP contribution in [0, 0.1) is 6.92 Å². The zero-order chi connectivity index (χ0) is 11.0. The lowest BCUT2D eigenvalue weighted by atomic mass is 10.1. The Labute approximate surface area is 93.3 Å². The van der Waals surface area contributed by atoms with Gasteiger partial charge in [-0.05, 0) is 24.6 Å². The lowest BCUT2D eigenvalue weighted by Crippen LogP contribution is -2.53. The SMILES string of the molecule is Cc1ccc(C(=O)N2CC(O)C2)cc1Cl. The summed E-state index contributed by atoms with van der Waals surface area (Å²) < 4.78 is 0. The predicted octanol–water partition coefficient (Wildman–Crippen LogP) is 1.47. The van der Waals surface area contributed by atoms with Crippen LogP contribution < -0.4 is 0 Å². The summed E-state index contributed by atoms with van der Waals surface area (Å²) in [6.45, 7) is 2.73. The highest BCUT2D eigenvalue weighted by atomic mass is 35.5. The Bertz CT molecular complexity index is 400. The van der Waals surface area contributed by atoms with Crippen molar-refractivity contribution in [2.45, 2.75) is 13.0 Å². The molecule has 0 atom stereocenters. The van der Waals surface area contributed by atoms with Crippen LogP contribution in [0.15, 0.2) is 18.2 Å². The number of nitrogens with zero attached hydrogens (tertiary/aromatic N) is 1. The zero-order valence-electron chi connectivity index (χ0n) is 8.40. The molecule has 1 N–H and O–H groups in total. The van der Waals surface area contributed by atoms with Crippen LogP contribution in [-0.2, 0) is 0 Å². The van der Waals surface area contributed by atoms with Gasteiger partial charge in [0.05, 0.1) is 6.10 Å². The van der Waals surface area contributed by atoms with E-state index >= 15 is 0 Å². The van der Waals surface area contributed by atoms with E-state index in [1.165, 1.54) is 0 Å². The summed E-state index contributed by atoms with van der Waals surface area (Å²) in [5.41, 5.74) is 1.54. The second-order valence-corrected chi connectivity index (χ2v) is 4.24. The van der Waals surface area contributed by atoms with Crippen molar-refractivity contribution in [3.63, 3.8) is 0 Å². The first-order chi connectivity index (χ1) is 7.08. The number of aliphatic hydroxyl groups is 1. The van der Waals surface area contributed by atoms with Gasteiger partial charge in [0.2, 0.25) is 0 Å². The molecule has 0 saturated carbocycles. The van der Waals surface area contributed by atoms with Crippen molar-refractivity contribution in [3.8, 4) is 0 Å². The highest BCUT2D eigenvalue weighted by Gasteiger charge is 2.29. The summed E-state index contributed by atoms with van der Waals surface area (Å²) >= 11 is 5.93. The third kappa shape index (κ3) is 1.98. The number of hydrogen-bond acceptors (Lipinski definition) is 2. The molecule has 1 fully saturated rings. The van der Waals surface area contributed by atoms with Crippen molar-refractivity contribution >= 4 is 17.5 Å². The van der Waals surface area contributed by atoms with Crippen LogP contribution in [0.3, 0.4) is 0 Å². The molecule has 3 nitrogen and oxygen atoms in total. The maximum absolute atomic E-state index is 11.8. The molecule has 1 heterocycles. The average molecular weight is 226 g/mol. The van der Waals surface area contributed by atoms with E-state index < -0.39 is 0 Å². The minimum Gasteiger partial charge on any atom is -0.389 e. The third-order valence-electron chi connectivity index (χ3n) is 2.57. The number of halogens is 1. The molecule has 1 saturated heterocycles. The lowest BCUT2D eigenvalue weighted by molar-refractivity contribution is 0.00589. The maximum atomic E-state index is 11.8. The molecule has 0 bridgehead atoms. The first-order valence-corrected chi connectivity index (χ1v) is 5.19. The number of aryl methyl sites for hydroxylation is 1. The standard InChI is InChI=1S/C11H12ClNO2/c1-7-2-3-8(4-10(7)12)11(15)13-5-9(14)6-13/h2-4,9,14H,5-6H2,1H3. The van der Waals surface area contributed by atoms with Gasteiger partial charge in [0.25, 0.3) is 5.91 Å².